The van der Waals surface area contributed by atoms with E-state index in [1.807, 2.05) is 0 Å². The van der Waals surface area contributed by atoms with Gasteiger partial charge >= 0.3 is 17.9 Å². The van der Waals surface area contributed by atoms with Gasteiger partial charge < -0.3 is 19.5 Å². The Balaban J connectivity index is 2.97. The molecule has 0 fully saturated rings. The van der Waals surface area contributed by atoms with Crippen molar-refractivity contribution in [2.24, 2.45) is 5.92 Å². The van der Waals surface area contributed by atoms with Crippen molar-refractivity contribution in [1.82, 2.24) is 5.32 Å². The first-order chi connectivity index (χ1) is 14.9. The molecule has 2 atom stereocenters. The summed E-state index contributed by atoms with van der Waals surface area (Å²) in [4.78, 5) is 48.9. The standard InChI is InChI=1S/C23H33NO7/c1-4-29-20(25)14-10-13-18(23(28)31-6-3)19(15-16-21(26)30-5-2)24-22(27)17-11-8-7-9-12-17/h7-9,11-12,18-19H,4-6,10,13-16H2,1-3H3,(H,24,27)/t18-,19-/m0/s1. The monoisotopic (exact) mass is 435 g/mol. The van der Waals surface area contributed by atoms with Gasteiger partial charge in [-0.3, -0.25) is 19.2 Å². The maximum absolute atomic E-state index is 12.7. The number of nitrogens with one attached hydrogen (secondary N) is 1. The number of benzene rings is 1. The Morgan fingerprint density at radius 3 is 1.97 bits per heavy atom. The van der Waals surface area contributed by atoms with Crippen molar-refractivity contribution in [1.29, 1.82) is 0 Å². The molecular formula is C23H33NO7. The Kier molecular flexibility index (Phi) is 12.6. The van der Waals surface area contributed by atoms with Gasteiger partial charge in [-0.25, -0.2) is 0 Å². The molecule has 0 saturated heterocycles. The fourth-order valence-corrected chi connectivity index (χ4v) is 3.15. The fraction of sp³-hybridized carbons (Fsp3) is 0.565. The lowest BCUT2D eigenvalue weighted by Crippen LogP contribution is -2.44. The highest BCUT2D eigenvalue weighted by Gasteiger charge is 2.31. The van der Waals surface area contributed by atoms with Crippen LogP contribution in [0.15, 0.2) is 30.3 Å². The average Bonchev–Trinajstić information content (AvgIpc) is 2.75. The molecule has 172 valence electrons. The topological polar surface area (TPSA) is 108 Å². The molecule has 0 aliphatic carbocycles. The first-order valence-corrected chi connectivity index (χ1v) is 10.8. The molecule has 1 rings (SSSR count). The summed E-state index contributed by atoms with van der Waals surface area (Å²) in [6, 6.07) is 7.95. The van der Waals surface area contributed by atoms with Crippen LogP contribution in [0.25, 0.3) is 0 Å². The molecular weight excluding hydrogens is 402 g/mol. The third kappa shape index (κ3) is 10.1. The highest BCUT2D eigenvalue weighted by atomic mass is 16.5. The summed E-state index contributed by atoms with van der Waals surface area (Å²) in [5, 5.41) is 2.87. The quantitative estimate of drug-likeness (QED) is 0.353. The second-order valence-electron chi connectivity index (χ2n) is 6.85. The van der Waals surface area contributed by atoms with Crippen LogP contribution in [0.2, 0.25) is 0 Å². The minimum absolute atomic E-state index is 0.0430. The third-order valence-electron chi connectivity index (χ3n) is 4.59. The van der Waals surface area contributed by atoms with Gasteiger partial charge in [0, 0.05) is 24.4 Å². The largest absolute Gasteiger partial charge is 0.466 e. The lowest BCUT2D eigenvalue weighted by atomic mass is 9.90. The van der Waals surface area contributed by atoms with Gasteiger partial charge in [0.2, 0.25) is 0 Å². The average molecular weight is 436 g/mol. The summed E-state index contributed by atoms with van der Waals surface area (Å²) < 4.78 is 15.1. The van der Waals surface area contributed by atoms with Gasteiger partial charge in [0.25, 0.3) is 5.91 Å². The van der Waals surface area contributed by atoms with Crippen molar-refractivity contribution >= 4 is 23.8 Å². The van der Waals surface area contributed by atoms with Gasteiger partial charge in [-0.05, 0) is 52.2 Å². The van der Waals surface area contributed by atoms with E-state index in [1.165, 1.54) is 0 Å². The Hall–Kier alpha value is -2.90. The minimum atomic E-state index is -0.712. The molecule has 1 N–H and O–H groups in total. The van der Waals surface area contributed by atoms with E-state index in [2.05, 4.69) is 5.32 Å². The number of rotatable bonds is 14. The molecule has 1 amide bonds. The smallest absolute Gasteiger partial charge is 0.311 e. The molecule has 0 bridgehead atoms. The van der Waals surface area contributed by atoms with Crippen molar-refractivity contribution in [3.8, 4) is 0 Å². The van der Waals surface area contributed by atoms with E-state index in [-0.39, 0.29) is 51.0 Å². The van der Waals surface area contributed by atoms with E-state index in [0.29, 0.717) is 18.4 Å². The van der Waals surface area contributed by atoms with Crippen molar-refractivity contribution in [2.75, 3.05) is 19.8 Å². The van der Waals surface area contributed by atoms with Gasteiger partial charge in [0.05, 0.1) is 25.7 Å². The number of hydrogen-bond donors (Lipinski definition) is 1. The van der Waals surface area contributed by atoms with Crippen molar-refractivity contribution in [3.63, 3.8) is 0 Å². The summed E-state index contributed by atoms with van der Waals surface area (Å²) in [5.41, 5.74) is 0.442. The second-order valence-corrected chi connectivity index (χ2v) is 6.85. The van der Waals surface area contributed by atoms with E-state index < -0.39 is 23.9 Å². The predicted molar refractivity (Wildman–Crippen MR) is 114 cm³/mol. The number of hydrogen-bond acceptors (Lipinski definition) is 7. The maximum Gasteiger partial charge on any atom is 0.311 e. The molecule has 8 nitrogen and oxygen atoms in total. The van der Waals surface area contributed by atoms with Crippen LogP contribution >= 0.6 is 0 Å². The molecule has 31 heavy (non-hydrogen) atoms. The van der Waals surface area contributed by atoms with Crippen molar-refractivity contribution in [3.05, 3.63) is 35.9 Å². The molecule has 0 aromatic heterocycles. The van der Waals surface area contributed by atoms with Crippen LogP contribution in [0.1, 0.15) is 63.2 Å². The van der Waals surface area contributed by atoms with E-state index in [0.717, 1.165) is 0 Å². The molecule has 0 aliphatic heterocycles. The van der Waals surface area contributed by atoms with Gasteiger partial charge in [-0.15, -0.1) is 0 Å². The van der Waals surface area contributed by atoms with Gasteiger partial charge in [-0.1, -0.05) is 18.2 Å². The van der Waals surface area contributed by atoms with E-state index in [1.54, 1.807) is 51.1 Å². The fourth-order valence-electron chi connectivity index (χ4n) is 3.15. The van der Waals surface area contributed by atoms with Crippen LogP contribution in [-0.2, 0) is 28.6 Å². The summed E-state index contributed by atoms with van der Waals surface area (Å²) in [6.45, 7) is 5.86. The Morgan fingerprint density at radius 1 is 0.806 bits per heavy atom. The molecule has 0 aliphatic rings. The number of esters is 3. The van der Waals surface area contributed by atoms with Gasteiger partial charge in [-0.2, -0.15) is 0 Å². The predicted octanol–water partition coefficient (Wildman–Crippen LogP) is 3.04. The van der Waals surface area contributed by atoms with Crippen LogP contribution < -0.4 is 5.32 Å². The van der Waals surface area contributed by atoms with Crippen LogP contribution in [0, 0.1) is 5.92 Å². The van der Waals surface area contributed by atoms with Crippen LogP contribution in [0.3, 0.4) is 0 Å². The molecule has 1 aromatic rings. The number of carbonyl (C=O) groups excluding carboxylic acids is 4. The highest BCUT2D eigenvalue weighted by molar-refractivity contribution is 5.94. The Labute approximate surface area is 183 Å². The summed E-state index contributed by atoms with van der Waals surface area (Å²) in [5.74, 6) is -2.30. The van der Waals surface area contributed by atoms with Crippen LogP contribution in [0.5, 0.6) is 0 Å². The second kappa shape index (κ2) is 15.0. The first-order valence-electron chi connectivity index (χ1n) is 10.8. The van der Waals surface area contributed by atoms with Crippen LogP contribution in [-0.4, -0.2) is 49.7 Å². The van der Waals surface area contributed by atoms with Crippen LogP contribution in [0.4, 0.5) is 0 Å². The van der Waals surface area contributed by atoms with Gasteiger partial charge in [0.1, 0.15) is 0 Å². The zero-order valence-corrected chi connectivity index (χ0v) is 18.6. The molecule has 0 radical (unpaired) electrons. The molecule has 0 heterocycles. The Bertz CT molecular complexity index is 705. The number of carbonyl (C=O) groups is 4. The summed E-state index contributed by atoms with van der Waals surface area (Å²) in [7, 11) is 0. The van der Waals surface area contributed by atoms with E-state index in [4.69, 9.17) is 14.2 Å². The highest BCUT2D eigenvalue weighted by Crippen LogP contribution is 2.20. The summed E-state index contributed by atoms with van der Waals surface area (Å²) >= 11 is 0. The van der Waals surface area contributed by atoms with Crippen molar-refractivity contribution in [2.45, 2.75) is 58.9 Å². The first kappa shape index (κ1) is 26.1. The molecule has 1 aromatic carbocycles. The lowest BCUT2D eigenvalue weighted by molar-refractivity contribution is -0.151. The zero-order valence-electron chi connectivity index (χ0n) is 18.6. The number of ether oxygens (including phenoxy) is 3. The molecule has 0 spiro atoms. The summed E-state index contributed by atoms with van der Waals surface area (Å²) in [6.07, 6.45) is 1.10. The van der Waals surface area contributed by atoms with Crippen molar-refractivity contribution < 1.29 is 33.4 Å². The van der Waals surface area contributed by atoms with Gasteiger partial charge in [0.15, 0.2) is 0 Å². The normalized spacial score (nSPS) is 12.4. The zero-order chi connectivity index (χ0) is 23.1. The number of amides is 1. The minimum Gasteiger partial charge on any atom is -0.466 e. The molecule has 8 heteroatoms. The maximum atomic E-state index is 12.7. The SMILES string of the molecule is CCOC(=O)CCC[C@H](C(=O)OCC)[C@H](CCC(=O)OCC)NC(=O)c1ccccc1. The molecule has 0 unspecified atom stereocenters. The lowest BCUT2D eigenvalue weighted by Gasteiger charge is -2.26. The van der Waals surface area contributed by atoms with E-state index >= 15 is 0 Å². The Morgan fingerprint density at radius 2 is 1.39 bits per heavy atom. The van der Waals surface area contributed by atoms with E-state index in [9.17, 15) is 19.2 Å². The molecule has 0 saturated carbocycles. The third-order valence-corrected chi connectivity index (χ3v) is 4.59.